The van der Waals surface area contributed by atoms with E-state index in [2.05, 4.69) is 10.6 Å². The molecule has 2 amide bonds. The van der Waals surface area contributed by atoms with Gasteiger partial charge in [-0.25, -0.2) is 4.98 Å². The zero-order valence-electron chi connectivity index (χ0n) is 17.1. The van der Waals surface area contributed by atoms with E-state index in [1.165, 1.54) is 23.1 Å². The number of carbonyl (C=O) groups is 2. The average molecular weight is 454 g/mol. The summed E-state index contributed by atoms with van der Waals surface area (Å²) in [5.41, 5.74) is 2.15. The molecule has 0 unspecified atom stereocenters. The van der Waals surface area contributed by atoms with Gasteiger partial charge in [-0.3, -0.25) is 9.59 Å². The van der Waals surface area contributed by atoms with Gasteiger partial charge in [0.05, 0.1) is 12.4 Å². The lowest BCUT2D eigenvalue weighted by molar-refractivity contribution is -0.118. The number of hydrogen-bond donors (Lipinski definition) is 2. The second kappa shape index (κ2) is 9.98. The van der Waals surface area contributed by atoms with Gasteiger partial charge in [-0.15, -0.1) is 0 Å². The Morgan fingerprint density at radius 3 is 2.55 bits per heavy atom. The minimum Gasteiger partial charge on any atom is -0.494 e. The molecule has 1 heterocycles. The van der Waals surface area contributed by atoms with Crippen molar-refractivity contribution in [1.82, 2.24) is 10.3 Å². The fraction of sp³-hybridized carbons (Fsp3) is 0.261. The van der Waals surface area contributed by atoms with Crippen LogP contribution >= 0.6 is 23.1 Å². The first-order chi connectivity index (χ1) is 15.1. The van der Waals surface area contributed by atoms with E-state index < -0.39 is 0 Å². The van der Waals surface area contributed by atoms with Gasteiger partial charge in [-0.2, -0.15) is 0 Å². The first-order valence-electron chi connectivity index (χ1n) is 10.1. The second-order valence-corrected chi connectivity index (χ2v) is 9.29. The van der Waals surface area contributed by atoms with Crippen LogP contribution in [0, 0.1) is 0 Å². The monoisotopic (exact) mass is 453 g/mol. The largest absolute Gasteiger partial charge is 0.494 e. The van der Waals surface area contributed by atoms with Gasteiger partial charge >= 0.3 is 0 Å². The van der Waals surface area contributed by atoms with Gasteiger partial charge in [0.15, 0.2) is 4.34 Å². The Bertz CT molecular complexity index is 1050. The number of carbonyl (C=O) groups excluding carboxylic acids is 2. The predicted octanol–water partition coefficient (Wildman–Crippen LogP) is 4.83. The fourth-order valence-corrected chi connectivity index (χ4v) is 4.78. The van der Waals surface area contributed by atoms with Gasteiger partial charge in [0.2, 0.25) is 5.91 Å². The zero-order chi connectivity index (χ0) is 21.6. The number of hydrogen-bond acceptors (Lipinski definition) is 6. The molecule has 0 spiro atoms. The van der Waals surface area contributed by atoms with Crippen LogP contribution in [0.1, 0.15) is 30.1 Å². The van der Waals surface area contributed by atoms with Crippen molar-refractivity contribution in [2.45, 2.75) is 30.1 Å². The first kappa shape index (κ1) is 21.4. The van der Waals surface area contributed by atoms with Crippen molar-refractivity contribution in [3.05, 3.63) is 60.2 Å². The number of rotatable bonds is 9. The van der Waals surface area contributed by atoms with Gasteiger partial charge in [0.25, 0.3) is 5.91 Å². The molecule has 0 aliphatic heterocycles. The summed E-state index contributed by atoms with van der Waals surface area (Å²) in [6, 6.07) is 17.1. The molecule has 0 radical (unpaired) electrons. The van der Waals surface area contributed by atoms with E-state index in [9.17, 15) is 9.59 Å². The zero-order valence-corrected chi connectivity index (χ0v) is 18.7. The highest BCUT2D eigenvalue weighted by molar-refractivity contribution is 8.01. The molecule has 1 aromatic heterocycles. The van der Waals surface area contributed by atoms with Crippen LogP contribution in [0.5, 0.6) is 5.75 Å². The minimum absolute atomic E-state index is 0.0175. The van der Waals surface area contributed by atoms with E-state index in [4.69, 9.17) is 9.72 Å². The topological polar surface area (TPSA) is 80.3 Å². The van der Waals surface area contributed by atoms with Gasteiger partial charge in [0, 0.05) is 17.2 Å². The molecule has 1 aliphatic rings. The van der Waals surface area contributed by atoms with Crippen LogP contribution in [0.15, 0.2) is 58.9 Å². The molecule has 8 heteroatoms. The molecule has 2 aromatic carbocycles. The Kier molecular flexibility index (Phi) is 6.89. The molecule has 1 fully saturated rings. The van der Waals surface area contributed by atoms with Gasteiger partial charge in [-0.1, -0.05) is 53.4 Å². The molecule has 0 atom stereocenters. The van der Waals surface area contributed by atoms with Crippen molar-refractivity contribution in [2.75, 3.05) is 17.7 Å². The maximum Gasteiger partial charge on any atom is 0.256 e. The molecular formula is C23H23N3O3S2. The molecule has 0 bridgehead atoms. The Morgan fingerprint density at radius 2 is 1.87 bits per heavy atom. The van der Waals surface area contributed by atoms with Crippen LogP contribution in [0.25, 0.3) is 11.3 Å². The van der Waals surface area contributed by atoms with E-state index in [0.29, 0.717) is 34.7 Å². The van der Waals surface area contributed by atoms with Crippen molar-refractivity contribution in [3.63, 3.8) is 0 Å². The minimum atomic E-state index is -0.216. The quantitative estimate of drug-likeness (QED) is 0.454. The lowest BCUT2D eigenvalue weighted by Crippen LogP contribution is -2.26. The first-order valence-corrected chi connectivity index (χ1v) is 11.9. The third kappa shape index (κ3) is 5.86. The van der Waals surface area contributed by atoms with Crippen LogP contribution in [0.2, 0.25) is 0 Å². The number of aromatic nitrogens is 1. The molecule has 3 aromatic rings. The number of thioether (sulfide) groups is 1. The maximum atomic E-state index is 12.8. The molecule has 1 aliphatic carbocycles. The molecule has 2 N–H and O–H groups in total. The smallest absolute Gasteiger partial charge is 0.256 e. The summed E-state index contributed by atoms with van der Waals surface area (Å²) in [4.78, 5) is 29.6. The van der Waals surface area contributed by atoms with Crippen LogP contribution in [0.4, 0.5) is 5.00 Å². The number of anilines is 1. The fourth-order valence-electron chi connectivity index (χ4n) is 2.91. The SMILES string of the molecule is CCOc1ccc(C(=O)Nc2sc(SCC(=O)NC3CC3)nc2-c2ccccc2)cc1. The van der Waals surface area contributed by atoms with Crippen LogP contribution in [0.3, 0.4) is 0 Å². The van der Waals surface area contributed by atoms with E-state index >= 15 is 0 Å². The van der Waals surface area contributed by atoms with Gasteiger partial charge in [-0.05, 0) is 44.0 Å². The molecular weight excluding hydrogens is 430 g/mol. The molecule has 0 saturated heterocycles. The van der Waals surface area contributed by atoms with E-state index in [1.54, 1.807) is 24.3 Å². The number of thiazole rings is 1. The van der Waals surface area contributed by atoms with Crippen molar-refractivity contribution in [3.8, 4) is 17.0 Å². The Hall–Kier alpha value is -2.84. The summed E-state index contributed by atoms with van der Waals surface area (Å²) >= 11 is 2.77. The van der Waals surface area contributed by atoms with Crippen LogP contribution in [-0.4, -0.2) is 35.2 Å². The summed E-state index contributed by atoms with van der Waals surface area (Å²) in [6.45, 7) is 2.49. The summed E-state index contributed by atoms with van der Waals surface area (Å²) in [5.74, 6) is 0.839. The third-order valence-electron chi connectivity index (χ3n) is 4.58. The van der Waals surface area contributed by atoms with Crippen molar-refractivity contribution in [1.29, 1.82) is 0 Å². The average Bonchev–Trinajstić information content (AvgIpc) is 3.51. The van der Waals surface area contributed by atoms with Gasteiger partial charge < -0.3 is 15.4 Å². The maximum absolute atomic E-state index is 12.8. The van der Waals surface area contributed by atoms with Crippen molar-refractivity contribution < 1.29 is 14.3 Å². The Balaban J connectivity index is 1.50. The van der Waals surface area contributed by atoms with Crippen molar-refractivity contribution in [2.24, 2.45) is 0 Å². The second-order valence-electron chi connectivity index (χ2n) is 7.07. The normalized spacial score (nSPS) is 12.9. The number of nitrogens with zero attached hydrogens (tertiary/aromatic N) is 1. The lowest BCUT2D eigenvalue weighted by atomic mass is 10.1. The summed E-state index contributed by atoms with van der Waals surface area (Å²) in [7, 11) is 0. The Morgan fingerprint density at radius 1 is 1.13 bits per heavy atom. The predicted molar refractivity (Wildman–Crippen MR) is 125 cm³/mol. The highest BCUT2D eigenvalue weighted by Crippen LogP contribution is 2.38. The summed E-state index contributed by atoms with van der Waals surface area (Å²) in [5, 5.41) is 6.63. The standard InChI is InChI=1S/C23H23N3O3S2/c1-2-29-18-12-8-16(9-13-18)21(28)26-22-20(15-6-4-3-5-7-15)25-23(31-22)30-14-19(27)24-17-10-11-17/h3-9,12-13,17H,2,10-11,14H2,1H3,(H,24,27)(H,26,28). The van der Waals surface area contributed by atoms with Crippen molar-refractivity contribution >= 4 is 39.9 Å². The number of benzene rings is 2. The number of nitrogens with one attached hydrogen (secondary N) is 2. The highest BCUT2D eigenvalue weighted by atomic mass is 32.2. The summed E-state index contributed by atoms with van der Waals surface area (Å²) < 4.78 is 6.18. The lowest BCUT2D eigenvalue weighted by Gasteiger charge is -2.07. The van der Waals surface area contributed by atoms with Crippen LogP contribution < -0.4 is 15.4 Å². The van der Waals surface area contributed by atoms with E-state index in [0.717, 1.165) is 28.5 Å². The molecule has 160 valence electrons. The van der Waals surface area contributed by atoms with E-state index in [1.807, 2.05) is 37.3 Å². The molecule has 1 saturated carbocycles. The van der Waals surface area contributed by atoms with E-state index in [-0.39, 0.29) is 11.8 Å². The summed E-state index contributed by atoms with van der Waals surface area (Å²) in [6.07, 6.45) is 2.13. The number of amides is 2. The van der Waals surface area contributed by atoms with Gasteiger partial charge in [0.1, 0.15) is 16.4 Å². The number of ether oxygens (including phenoxy) is 1. The molecule has 31 heavy (non-hydrogen) atoms. The highest BCUT2D eigenvalue weighted by Gasteiger charge is 2.23. The third-order valence-corrected chi connectivity index (χ3v) is 6.69. The Labute approximate surface area is 189 Å². The molecule has 6 nitrogen and oxygen atoms in total. The van der Waals surface area contributed by atoms with Crippen LogP contribution in [-0.2, 0) is 4.79 Å². The molecule has 4 rings (SSSR count).